The van der Waals surface area contributed by atoms with Gasteiger partial charge in [0.1, 0.15) is 0 Å². The Morgan fingerprint density at radius 2 is 2.08 bits per heavy atom. The summed E-state index contributed by atoms with van der Waals surface area (Å²) in [6.07, 6.45) is 1.01. The number of carbonyl (C=O) groups excluding carboxylic acids is 2. The van der Waals surface area contributed by atoms with E-state index >= 15 is 0 Å². The zero-order valence-corrected chi connectivity index (χ0v) is 14.3. The number of nitrogens with zero attached hydrogens (tertiary/aromatic N) is 3. The van der Waals surface area contributed by atoms with E-state index in [9.17, 15) is 9.59 Å². The van der Waals surface area contributed by atoms with Crippen LogP contribution in [-0.2, 0) is 6.54 Å². The first-order valence-corrected chi connectivity index (χ1v) is 8.65. The standard InChI is InChI=1S/C18H24N4O2/c1-20(2)14-5-6-21(11-14)17(23)12-3-4-13-10-22(15-8-19-9-15)18(24)16(13)7-12/h3-4,7,14-15,19H,5-6,8-11H2,1-2H3. The zero-order valence-electron chi connectivity index (χ0n) is 14.3. The van der Waals surface area contributed by atoms with Gasteiger partial charge in [-0.05, 0) is 38.2 Å². The molecule has 6 nitrogen and oxygen atoms in total. The molecule has 0 aromatic heterocycles. The highest BCUT2D eigenvalue weighted by Gasteiger charge is 2.36. The second-order valence-corrected chi connectivity index (χ2v) is 7.27. The molecule has 1 aromatic rings. The highest BCUT2D eigenvalue weighted by Crippen LogP contribution is 2.27. The van der Waals surface area contributed by atoms with E-state index in [1.54, 1.807) is 6.07 Å². The van der Waals surface area contributed by atoms with Crippen LogP contribution in [-0.4, -0.2) is 78.9 Å². The van der Waals surface area contributed by atoms with Gasteiger partial charge in [-0.1, -0.05) is 6.07 Å². The molecule has 24 heavy (non-hydrogen) atoms. The lowest BCUT2D eigenvalue weighted by Crippen LogP contribution is -2.57. The predicted molar refractivity (Wildman–Crippen MR) is 91.0 cm³/mol. The lowest BCUT2D eigenvalue weighted by atomic mass is 10.1. The maximum absolute atomic E-state index is 12.8. The van der Waals surface area contributed by atoms with Crippen LogP contribution in [0.15, 0.2) is 18.2 Å². The maximum atomic E-state index is 12.8. The minimum absolute atomic E-state index is 0.0405. The third-order valence-electron chi connectivity index (χ3n) is 5.57. The molecular formula is C18H24N4O2. The van der Waals surface area contributed by atoms with E-state index < -0.39 is 0 Å². The van der Waals surface area contributed by atoms with Gasteiger partial charge < -0.3 is 20.0 Å². The van der Waals surface area contributed by atoms with Crippen LogP contribution >= 0.6 is 0 Å². The minimum Gasteiger partial charge on any atom is -0.337 e. The first-order valence-electron chi connectivity index (χ1n) is 8.65. The second kappa shape index (κ2) is 5.86. The number of nitrogens with one attached hydrogen (secondary N) is 1. The fraction of sp³-hybridized carbons (Fsp3) is 0.556. The molecule has 128 valence electrons. The molecule has 3 heterocycles. The first-order chi connectivity index (χ1) is 11.5. The molecule has 0 saturated carbocycles. The molecule has 3 aliphatic rings. The normalized spacial score (nSPS) is 23.8. The van der Waals surface area contributed by atoms with Crippen molar-refractivity contribution in [2.75, 3.05) is 40.3 Å². The molecule has 1 aromatic carbocycles. The number of benzene rings is 1. The Kier molecular flexibility index (Phi) is 3.81. The molecule has 2 fully saturated rings. The van der Waals surface area contributed by atoms with Gasteiger partial charge in [0.25, 0.3) is 11.8 Å². The van der Waals surface area contributed by atoms with Crippen LogP contribution in [0.2, 0.25) is 0 Å². The second-order valence-electron chi connectivity index (χ2n) is 7.27. The van der Waals surface area contributed by atoms with Crippen molar-refractivity contribution in [3.63, 3.8) is 0 Å². The summed E-state index contributed by atoms with van der Waals surface area (Å²) in [6, 6.07) is 6.34. The molecule has 4 rings (SSSR count). The van der Waals surface area contributed by atoms with Gasteiger partial charge in [-0.15, -0.1) is 0 Å². The average Bonchev–Trinajstić information content (AvgIpc) is 3.11. The first kappa shape index (κ1) is 15.6. The van der Waals surface area contributed by atoms with Crippen LogP contribution in [0, 0.1) is 0 Å². The number of likely N-dealkylation sites (tertiary alicyclic amines) is 1. The Morgan fingerprint density at radius 1 is 1.29 bits per heavy atom. The van der Waals surface area contributed by atoms with Gasteiger partial charge >= 0.3 is 0 Å². The average molecular weight is 328 g/mol. The summed E-state index contributed by atoms with van der Waals surface area (Å²) < 4.78 is 0. The quantitative estimate of drug-likeness (QED) is 0.872. The van der Waals surface area contributed by atoms with Crippen molar-refractivity contribution in [3.05, 3.63) is 34.9 Å². The third-order valence-corrected chi connectivity index (χ3v) is 5.57. The Balaban J connectivity index is 1.51. The van der Waals surface area contributed by atoms with Crippen LogP contribution in [0.3, 0.4) is 0 Å². The van der Waals surface area contributed by atoms with Gasteiger partial charge in [0.15, 0.2) is 0 Å². The van der Waals surface area contributed by atoms with Crippen molar-refractivity contribution < 1.29 is 9.59 Å². The smallest absolute Gasteiger partial charge is 0.254 e. The molecule has 0 aliphatic carbocycles. The Morgan fingerprint density at radius 3 is 2.71 bits per heavy atom. The summed E-state index contributed by atoms with van der Waals surface area (Å²) in [5.41, 5.74) is 2.38. The van der Waals surface area contributed by atoms with Crippen molar-refractivity contribution >= 4 is 11.8 Å². The predicted octanol–water partition coefficient (Wildman–Crippen LogP) is 0.390. The van der Waals surface area contributed by atoms with Gasteiger partial charge in [-0.25, -0.2) is 0 Å². The molecule has 2 amide bonds. The van der Waals surface area contributed by atoms with E-state index in [2.05, 4.69) is 24.3 Å². The van der Waals surface area contributed by atoms with E-state index in [-0.39, 0.29) is 11.8 Å². The number of amides is 2. The molecule has 1 unspecified atom stereocenters. The van der Waals surface area contributed by atoms with E-state index in [0.29, 0.717) is 29.8 Å². The van der Waals surface area contributed by atoms with Gasteiger partial charge in [-0.3, -0.25) is 9.59 Å². The van der Waals surface area contributed by atoms with Crippen molar-refractivity contribution in [1.82, 2.24) is 20.0 Å². The Bertz CT molecular complexity index is 684. The number of carbonyl (C=O) groups is 2. The molecule has 0 radical (unpaired) electrons. The van der Waals surface area contributed by atoms with Crippen molar-refractivity contribution in [1.29, 1.82) is 0 Å². The van der Waals surface area contributed by atoms with E-state index in [1.807, 2.05) is 21.9 Å². The van der Waals surface area contributed by atoms with Gasteiger partial charge in [0, 0.05) is 49.9 Å². The molecule has 6 heteroatoms. The van der Waals surface area contributed by atoms with Gasteiger partial charge in [0.05, 0.1) is 6.04 Å². The number of hydrogen-bond donors (Lipinski definition) is 1. The highest BCUT2D eigenvalue weighted by molar-refractivity contribution is 6.02. The molecule has 0 spiro atoms. The van der Waals surface area contributed by atoms with Crippen molar-refractivity contribution in [2.45, 2.75) is 25.0 Å². The topological polar surface area (TPSA) is 55.9 Å². The van der Waals surface area contributed by atoms with Gasteiger partial charge in [0.2, 0.25) is 0 Å². The van der Waals surface area contributed by atoms with E-state index in [1.165, 1.54) is 0 Å². The highest BCUT2D eigenvalue weighted by atomic mass is 16.2. The van der Waals surface area contributed by atoms with Crippen molar-refractivity contribution in [2.24, 2.45) is 0 Å². The fourth-order valence-electron chi connectivity index (χ4n) is 3.78. The summed E-state index contributed by atoms with van der Waals surface area (Å²) in [5.74, 6) is 0.109. The summed E-state index contributed by atoms with van der Waals surface area (Å²) in [7, 11) is 4.10. The van der Waals surface area contributed by atoms with Crippen molar-refractivity contribution in [3.8, 4) is 0 Å². The Labute approximate surface area is 142 Å². The summed E-state index contributed by atoms with van der Waals surface area (Å²) in [4.78, 5) is 31.4. The monoisotopic (exact) mass is 328 g/mol. The number of hydrogen-bond acceptors (Lipinski definition) is 4. The van der Waals surface area contributed by atoms with Crippen LogP contribution in [0.4, 0.5) is 0 Å². The lowest BCUT2D eigenvalue weighted by Gasteiger charge is -2.35. The maximum Gasteiger partial charge on any atom is 0.254 e. The van der Waals surface area contributed by atoms with E-state index in [0.717, 1.165) is 38.2 Å². The van der Waals surface area contributed by atoms with Crippen LogP contribution in [0.5, 0.6) is 0 Å². The third kappa shape index (κ3) is 2.50. The fourth-order valence-corrected chi connectivity index (χ4v) is 3.78. The Hall–Kier alpha value is -1.92. The van der Waals surface area contributed by atoms with E-state index in [4.69, 9.17) is 0 Å². The van der Waals surface area contributed by atoms with Crippen LogP contribution in [0.25, 0.3) is 0 Å². The zero-order chi connectivity index (χ0) is 16.8. The molecule has 0 bridgehead atoms. The molecule has 1 atom stereocenters. The lowest BCUT2D eigenvalue weighted by molar-refractivity contribution is 0.0642. The summed E-state index contributed by atoms with van der Waals surface area (Å²) >= 11 is 0. The van der Waals surface area contributed by atoms with Crippen LogP contribution < -0.4 is 5.32 Å². The van der Waals surface area contributed by atoms with Gasteiger partial charge in [-0.2, -0.15) is 0 Å². The summed E-state index contributed by atoms with van der Waals surface area (Å²) in [5, 5.41) is 3.21. The summed E-state index contributed by atoms with van der Waals surface area (Å²) in [6.45, 7) is 3.95. The molecular weight excluding hydrogens is 304 g/mol. The van der Waals surface area contributed by atoms with Crippen LogP contribution in [0.1, 0.15) is 32.7 Å². The molecule has 2 saturated heterocycles. The minimum atomic E-state index is 0.0405. The molecule has 1 N–H and O–H groups in total. The number of likely N-dealkylation sites (N-methyl/N-ethyl adjacent to an activating group) is 1. The SMILES string of the molecule is CN(C)C1CCN(C(=O)c2ccc3c(c2)C(=O)N(C2CNC2)C3)C1. The largest absolute Gasteiger partial charge is 0.337 e. The molecule has 3 aliphatic heterocycles. The number of fused-ring (bicyclic) bond motifs is 1. The number of rotatable bonds is 3.